The van der Waals surface area contributed by atoms with Gasteiger partial charge in [-0.1, -0.05) is 84.9 Å². The van der Waals surface area contributed by atoms with E-state index in [-0.39, 0.29) is 20.1 Å². The first-order valence-electron chi connectivity index (χ1n) is 17.0. The predicted octanol–water partition coefficient (Wildman–Crippen LogP) is 10.6. The van der Waals surface area contributed by atoms with E-state index in [2.05, 4.69) is 96.0 Å². The van der Waals surface area contributed by atoms with Crippen molar-refractivity contribution in [2.24, 2.45) is 0 Å². The molecule has 0 N–H and O–H groups in total. The molecule has 0 fully saturated rings. The maximum absolute atomic E-state index is 5.30. The predicted molar refractivity (Wildman–Crippen MR) is 205 cm³/mol. The number of pyridine rings is 4. The Hall–Kier alpha value is -6.13. The average molecular weight is 843 g/mol. The van der Waals surface area contributed by atoms with Crippen LogP contribution in [-0.2, 0) is 25.5 Å². The molecule has 0 amide bonds. The van der Waals surface area contributed by atoms with E-state index >= 15 is 0 Å². The van der Waals surface area contributed by atoms with Crippen LogP contribution in [0.4, 0.5) is 0 Å². The van der Waals surface area contributed by atoms with E-state index in [0.717, 1.165) is 55.9 Å². The summed E-state index contributed by atoms with van der Waals surface area (Å²) in [5.74, 6) is 0. The average Bonchev–Trinajstić information content (AvgIpc) is 3.52. The fourth-order valence-electron chi connectivity index (χ4n) is 7.36. The van der Waals surface area contributed by atoms with E-state index in [9.17, 15) is 0 Å². The Bertz CT molecular complexity index is 2600. The van der Waals surface area contributed by atoms with Crippen molar-refractivity contribution in [2.75, 3.05) is 0 Å². The Morgan fingerprint density at radius 2 is 1.12 bits per heavy atom. The molecule has 0 aliphatic heterocycles. The van der Waals surface area contributed by atoms with E-state index in [1.54, 1.807) is 0 Å². The fraction of sp³-hybridized carbons (Fsp3) is 0.0213. The minimum Gasteiger partial charge on any atom is -0.304 e. The van der Waals surface area contributed by atoms with Crippen molar-refractivity contribution in [3.8, 4) is 33.8 Å². The van der Waals surface area contributed by atoms with Crippen molar-refractivity contribution in [3.63, 3.8) is 0 Å². The smallest absolute Gasteiger partial charge is 0.0964 e. The van der Waals surface area contributed by atoms with Gasteiger partial charge in [0.25, 0.3) is 0 Å². The third-order valence-electron chi connectivity index (χ3n) is 9.58. The zero-order valence-corrected chi connectivity index (χ0v) is 30.3. The maximum atomic E-state index is 5.30. The molecule has 0 spiro atoms. The molecule has 5 heteroatoms. The van der Waals surface area contributed by atoms with Crippen LogP contribution < -0.4 is 0 Å². The largest absolute Gasteiger partial charge is 0.304 e. The minimum absolute atomic E-state index is 0. The second-order valence-corrected chi connectivity index (χ2v) is 12.4. The van der Waals surface area contributed by atoms with Gasteiger partial charge in [-0.25, -0.2) is 4.98 Å². The minimum atomic E-state index is -0.672. The van der Waals surface area contributed by atoms with Crippen molar-refractivity contribution < 1.29 is 20.1 Å². The molecule has 4 aromatic heterocycles. The van der Waals surface area contributed by atoms with Crippen LogP contribution in [0.15, 0.2) is 182 Å². The summed E-state index contributed by atoms with van der Waals surface area (Å²) >= 11 is 0. The van der Waals surface area contributed by atoms with Crippen LogP contribution in [0, 0.1) is 12.1 Å². The molecule has 0 bridgehead atoms. The van der Waals surface area contributed by atoms with Crippen LogP contribution in [0.1, 0.15) is 22.5 Å². The molecule has 1 radical (unpaired) electrons. The number of benzene rings is 5. The molecule has 1 atom stereocenters. The van der Waals surface area contributed by atoms with Gasteiger partial charge in [0.2, 0.25) is 0 Å². The number of nitrogens with zero attached hydrogens (tertiary/aromatic N) is 4. The molecule has 4 nitrogen and oxygen atoms in total. The number of hydrogen-bond donors (Lipinski definition) is 0. The first-order valence-corrected chi connectivity index (χ1v) is 17.0. The summed E-state index contributed by atoms with van der Waals surface area (Å²) in [7, 11) is 0. The number of aromatic nitrogens is 4. The van der Waals surface area contributed by atoms with Crippen molar-refractivity contribution in [1.29, 1.82) is 0 Å². The first kappa shape index (κ1) is 33.0. The van der Waals surface area contributed by atoms with Gasteiger partial charge < -0.3 is 4.98 Å². The summed E-state index contributed by atoms with van der Waals surface area (Å²) in [4.78, 5) is 19.4. The fourth-order valence-corrected chi connectivity index (χ4v) is 7.36. The van der Waals surface area contributed by atoms with Gasteiger partial charge >= 0.3 is 0 Å². The standard InChI is InChI=1S/C32H20N3.C15H10N.Ir/c1-2-11-23(12-3-1)32(27-16-7-6-14-25(27)26-15-9-20-34-31(26)32)29-18-8-17-28(35-29)30-24-13-5-4-10-22(24)19-21-33-30;1-2-7-13(8-3-1)15-14-9-5-4-6-12(14)10-11-16-15;/h1-11,13-21H;1-7,9-11H;/q2*-1;/t32-;;/m1../s1. The molecule has 0 saturated heterocycles. The van der Waals surface area contributed by atoms with Gasteiger partial charge in [-0.15, -0.1) is 41.5 Å². The van der Waals surface area contributed by atoms with Crippen LogP contribution in [0.3, 0.4) is 0 Å². The van der Waals surface area contributed by atoms with Crippen LogP contribution in [-0.4, -0.2) is 19.9 Å². The Kier molecular flexibility index (Phi) is 9.05. The third-order valence-corrected chi connectivity index (χ3v) is 9.58. The van der Waals surface area contributed by atoms with Gasteiger partial charge in [0, 0.05) is 49.6 Å². The summed E-state index contributed by atoms with van der Waals surface area (Å²) < 4.78 is 0. The van der Waals surface area contributed by atoms with Gasteiger partial charge in [0.15, 0.2) is 0 Å². The summed E-state index contributed by atoms with van der Waals surface area (Å²) in [6.07, 6.45) is 5.57. The Labute approximate surface area is 316 Å². The Morgan fingerprint density at radius 3 is 1.87 bits per heavy atom. The van der Waals surface area contributed by atoms with Gasteiger partial charge in [0.1, 0.15) is 0 Å². The van der Waals surface area contributed by atoms with Crippen molar-refractivity contribution >= 4 is 21.5 Å². The van der Waals surface area contributed by atoms with Crippen LogP contribution in [0.2, 0.25) is 0 Å². The molecule has 4 heterocycles. The van der Waals surface area contributed by atoms with Crippen LogP contribution >= 0.6 is 0 Å². The molecule has 249 valence electrons. The van der Waals surface area contributed by atoms with E-state index in [1.165, 1.54) is 21.9 Å². The van der Waals surface area contributed by atoms with Crippen LogP contribution in [0.5, 0.6) is 0 Å². The van der Waals surface area contributed by atoms with Crippen LogP contribution in [0.25, 0.3) is 55.3 Å². The quantitative estimate of drug-likeness (QED) is 0.166. The second-order valence-electron chi connectivity index (χ2n) is 12.4. The van der Waals surface area contributed by atoms with E-state index in [4.69, 9.17) is 15.0 Å². The Balaban J connectivity index is 0.000000191. The molecule has 5 aromatic carbocycles. The van der Waals surface area contributed by atoms with E-state index < -0.39 is 5.41 Å². The molecule has 10 rings (SSSR count). The zero-order chi connectivity index (χ0) is 34.0. The van der Waals surface area contributed by atoms with Gasteiger partial charge in [-0.2, -0.15) is 30.3 Å². The summed E-state index contributed by atoms with van der Waals surface area (Å²) in [6, 6.07) is 62.4. The van der Waals surface area contributed by atoms with Gasteiger partial charge in [-0.05, 0) is 63.3 Å². The molecule has 9 aromatic rings. The zero-order valence-electron chi connectivity index (χ0n) is 27.9. The molecule has 0 saturated carbocycles. The topological polar surface area (TPSA) is 51.6 Å². The molecular weight excluding hydrogens is 813 g/mol. The van der Waals surface area contributed by atoms with Crippen molar-refractivity contribution in [1.82, 2.24) is 19.9 Å². The number of hydrogen-bond acceptors (Lipinski definition) is 4. The Morgan fingerprint density at radius 1 is 0.462 bits per heavy atom. The summed E-state index contributed by atoms with van der Waals surface area (Å²) in [5, 5.41) is 4.62. The maximum Gasteiger partial charge on any atom is 0.0964 e. The van der Waals surface area contributed by atoms with Gasteiger partial charge in [0.05, 0.1) is 28.2 Å². The molecule has 1 aliphatic rings. The molecule has 52 heavy (non-hydrogen) atoms. The molecular formula is C47H30IrN4-2. The van der Waals surface area contributed by atoms with E-state index in [0.29, 0.717) is 0 Å². The normalized spacial score (nSPS) is 14.1. The first-order chi connectivity index (χ1) is 25.3. The SMILES string of the molecule is [Ir].[c-]1ccccc1-c1nccc2ccccc12.[c-]1ccccc1[C@]1(c2cccc(-c3nccc4ccccc34)n2)c2ccccc2-c2cccnc21. The molecule has 1 aliphatic carbocycles. The summed E-state index contributed by atoms with van der Waals surface area (Å²) in [6.45, 7) is 0. The van der Waals surface area contributed by atoms with Crippen molar-refractivity contribution in [3.05, 3.63) is 217 Å². The second kappa shape index (κ2) is 14.2. The monoisotopic (exact) mass is 843 g/mol. The number of rotatable bonds is 4. The third kappa shape index (κ3) is 5.61. The summed E-state index contributed by atoms with van der Waals surface area (Å²) in [5.41, 5.74) is 9.51. The number of fused-ring (bicyclic) bond motifs is 5. The van der Waals surface area contributed by atoms with E-state index in [1.807, 2.05) is 104 Å². The van der Waals surface area contributed by atoms with Gasteiger partial charge in [-0.3, -0.25) is 9.97 Å². The molecule has 0 unspecified atom stereocenters. The van der Waals surface area contributed by atoms with Crippen molar-refractivity contribution in [2.45, 2.75) is 5.41 Å².